The van der Waals surface area contributed by atoms with E-state index >= 15 is 0 Å². The molecule has 0 aliphatic carbocycles. The van der Waals surface area contributed by atoms with Crippen LogP contribution in [0.1, 0.15) is 66.5 Å². The van der Waals surface area contributed by atoms with Gasteiger partial charge in [-0.15, -0.1) is 5.10 Å². The lowest BCUT2D eigenvalue weighted by Crippen LogP contribution is -2.10. The van der Waals surface area contributed by atoms with Crippen molar-refractivity contribution in [3.8, 4) is 0 Å². The quantitative estimate of drug-likeness (QED) is 0.542. The molecule has 1 rings (SSSR count). The minimum atomic E-state index is 0.259. The summed E-state index contributed by atoms with van der Waals surface area (Å²) in [6.45, 7) is 15.2. The Morgan fingerprint density at radius 3 is 2.25 bits per heavy atom. The van der Waals surface area contributed by atoms with Gasteiger partial charge in [0, 0.05) is 25.6 Å². The largest absolute Gasteiger partial charge is 0.379 e. The molecule has 0 bridgehead atoms. The van der Waals surface area contributed by atoms with Gasteiger partial charge < -0.3 is 9.47 Å². The van der Waals surface area contributed by atoms with Crippen LogP contribution in [0, 0.1) is 0 Å². The number of hydrogen-bond donors (Lipinski definition) is 0. The SMILES string of the molecule is CC.CC.CCCOCCOCCn1cc(CCC(=O)CC)nn1. The number of rotatable bonds is 12. The fourth-order valence-electron chi connectivity index (χ4n) is 1.63. The van der Waals surface area contributed by atoms with Crippen LogP contribution >= 0.6 is 0 Å². The maximum Gasteiger partial charge on any atom is 0.133 e. The van der Waals surface area contributed by atoms with Gasteiger partial charge in [-0.2, -0.15) is 0 Å². The molecule has 0 aliphatic heterocycles. The lowest BCUT2D eigenvalue weighted by Gasteiger charge is -2.04. The first-order valence-corrected chi connectivity index (χ1v) is 9.32. The second kappa shape index (κ2) is 19.8. The van der Waals surface area contributed by atoms with Gasteiger partial charge in [0.1, 0.15) is 5.78 Å². The molecule has 0 saturated heterocycles. The molecule has 0 radical (unpaired) electrons. The molecule has 24 heavy (non-hydrogen) atoms. The number of Topliss-reactive ketones (excluding diaryl/α,β-unsaturated/α-hetero) is 1. The van der Waals surface area contributed by atoms with Gasteiger partial charge in [-0.1, -0.05) is 46.8 Å². The minimum absolute atomic E-state index is 0.259. The Morgan fingerprint density at radius 2 is 1.67 bits per heavy atom. The van der Waals surface area contributed by atoms with Crippen molar-refractivity contribution in [1.82, 2.24) is 15.0 Å². The number of carbonyl (C=O) groups excluding carboxylic acids is 1. The van der Waals surface area contributed by atoms with Crippen LogP contribution in [0.3, 0.4) is 0 Å². The van der Waals surface area contributed by atoms with E-state index in [1.54, 1.807) is 4.68 Å². The van der Waals surface area contributed by atoms with Gasteiger partial charge >= 0.3 is 0 Å². The minimum Gasteiger partial charge on any atom is -0.379 e. The predicted molar refractivity (Wildman–Crippen MR) is 98.3 cm³/mol. The highest BCUT2D eigenvalue weighted by atomic mass is 16.5. The molecule has 1 heterocycles. The fraction of sp³-hybridized carbons (Fsp3) is 0.833. The van der Waals surface area contributed by atoms with Crippen molar-refractivity contribution >= 4 is 5.78 Å². The zero-order chi connectivity index (χ0) is 18.6. The van der Waals surface area contributed by atoms with E-state index in [9.17, 15) is 4.79 Å². The van der Waals surface area contributed by atoms with Gasteiger partial charge in [-0.25, -0.2) is 4.68 Å². The summed E-state index contributed by atoms with van der Waals surface area (Å²) in [5.41, 5.74) is 0.859. The first-order chi connectivity index (χ1) is 11.8. The molecule has 0 aromatic carbocycles. The van der Waals surface area contributed by atoms with Crippen molar-refractivity contribution < 1.29 is 14.3 Å². The highest BCUT2D eigenvalue weighted by Crippen LogP contribution is 2.00. The van der Waals surface area contributed by atoms with Crippen molar-refractivity contribution in [1.29, 1.82) is 0 Å². The lowest BCUT2D eigenvalue weighted by molar-refractivity contribution is -0.118. The van der Waals surface area contributed by atoms with Gasteiger partial charge in [0.15, 0.2) is 0 Å². The zero-order valence-electron chi connectivity index (χ0n) is 16.5. The maximum atomic E-state index is 11.2. The molecular formula is C18H37N3O3. The summed E-state index contributed by atoms with van der Waals surface area (Å²) < 4.78 is 12.5. The van der Waals surface area contributed by atoms with E-state index in [4.69, 9.17) is 9.47 Å². The molecule has 0 spiro atoms. The summed E-state index contributed by atoms with van der Waals surface area (Å²) in [4.78, 5) is 11.2. The van der Waals surface area contributed by atoms with E-state index in [-0.39, 0.29) is 5.78 Å². The van der Waals surface area contributed by atoms with E-state index in [1.807, 2.05) is 40.8 Å². The van der Waals surface area contributed by atoms with E-state index in [2.05, 4.69) is 17.2 Å². The number of ether oxygens (including phenoxy) is 2. The Labute approximate surface area is 147 Å². The molecule has 1 aromatic rings. The summed E-state index contributed by atoms with van der Waals surface area (Å²) in [5.74, 6) is 0.259. The van der Waals surface area contributed by atoms with E-state index in [1.165, 1.54) is 0 Å². The van der Waals surface area contributed by atoms with Gasteiger partial charge in [0.05, 0.1) is 32.1 Å². The van der Waals surface area contributed by atoms with Crippen LogP contribution in [0.2, 0.25) is 0 Å². The van der Waals surface area contributed by atoms with Crippen LogP contribution in [0.15, 0.2) is 6.20 Å². The van der Waals surface area contributed by atoms with Crippen molar-refractivity contribution in [2.45, 2.75) is 73.8 Å². The van der Waals surface area contributed by atoms with Crippen LogP contribution in [0.25, 0.3) is 0 Å². The number of ketones is 1. The van der Waals surface area contributed by atoms with Crippen molar-refractivity contribution in [2.24, 2.45) is 0 Å². The number of aryl methyl sites for hydroxylation is 1. The molecule has 1 aromatic heterocycles. The van der Waals surface area contributed by atoms with E-state index < -0.39 is 0 Å². The zero-order valence-corrected chi connectivity index (χ0v) is 16.5. The lowest BCUT2D eigenvalue weighted by atomic mass is 10.1. The number of aromatic nitrogens is 3. The third-order valence-corrected chi connectivity index (χ3v) is 2.83. The monoisotopic (exact) mass is 343 g/mol. The van der Waals surface area contributed by atoms with Crippen molar-refractivity contribution in [2.75, 3.05) is 26.4 Å². The second-order valence-corrected chi connectivity index (χ2v) is 4.59. The van der Waals surface area contributed by atoms with Crippen molar-refractivity contribution in [3.63, 3.8) is 0 Å². The number of hydrogen-bond acceptors (Lipinski definition) is 5. The summed E-state index contributed by atoms with van der Waals surface area (Å²) in [6, 6.07) is 0. The fourth-order valence-corrected chi connectivity index (χ4v) is 1.63. The number of carbonyl (C=O) groups is 1. The molecule has 142 valence electrons. The Balaban J connectivity index is 0. The van der Waals surface area contributed by atoms with Gasteiger partial charge in [-0.3, -0.25) is 4.79 Å². The molecule has 6 nitrogen and oxygen atoms in total. The molecule has 0 N–H and O–H groups in total. The summed E-state index contributed by atoms with van der Waals surface area (Å²) >= 11 is 0. The third-order valence-electron chi connectivity index (χ3n) is 2.83. The average molecular weight is 344 g/mol. The summed E-state index contributed by atoms with van der Waals surface area (Å²) in [6.07, 6.45) is 4.70. The summed E-state index contributed by atoms with van der Waals surface area (Å²) in [5, 5.41) is 8.05. The molecule has 0 atom stereocenters. The highest BCUT2D eigenvalue weighted by molar-refractivity contribution is 5.78. The Kier molecular flexibility index (Phi) is 20.6. The van der Waals surface area contributed by atoms with Crippen LogP contribution in [0.5, 0.6) is 0 Å². The average Bonchev–Trinajstić information content (AvgIpc) is 3.10. The molecule has 0 saturated carbocycles. The molecule has 0 amide bonds. The normalized spacial score (nSPS) is 9.58. The predicted octanol–water partition coefficient (Wildman–Crippen LogP) is 3.69. The smallest absolute Gasteiger partial charge is 0.133 e. The molecule has 0 aliphatic rings. The van der Waals surface area contributed by atoms with Crippen LogP contribution < -0.4 is 0 Å². The summed E-state index contributed by atoms with van der Waals surface area (Å²) in [7, 11) is 0. The topological polar surface area (TPSA) is 66.2 Å². The highest BCUT2D eigenvalue weighted by Gasteiger charge is 2.04. The van der Waals surface area contributed by atoms with E-state index in [0.29, 0.717) is 45.6 Å². The Morgan fingerprint density at radius 1 is 1.04 bits per heavy atom. The van der Waals surface area contributed by atoms with E-state index in [0.717, 1.165) is 18.7 Å². The first-order valence-electron chi connectivity index (χ1n) is 9.32. The van der Waals surface area contributed by atoms with Crippen LogP contribution in [-0.4, -0.2) is 47.2 Å². The number of nitrogens with zero attached hydrogens (tertiary/aromatic N) is 3. The van der Waals surface area contributed by atoms with Crippen LogP contribution in [0.4, 0.5) is 0 Å². The molecule has 6 heteroatoms. The van der Waals surface area contributed by atoms with Gasteiger partial charge in [0.25, 0.3) is 0 Å². The Bertz CT molecular complexity index is 381. The first kappa shape index (κ1) is 25.0. The molecule has 0 fully saturated rings. The second-order valence-electron chi connectivity index (χ2n) is 4.59. The molecular weight excluding hydrogens is 306 g/mol. The maximum absolute atomic E-state index is 11.2. The van der Waals surface area contributed by atoms with Crippen LogP contribution in [-0.2, 0) is 27.2 Å². The molecule has 0 unspecified atom stereocenters. The van der Waals surface area contributed by atoms with Gasteiger partial charge in [-0.05, 0) is 12.8 Å². The van der Waals surface area contributed by atoms with Crippen molar-refractivity contribution in [3.05, 3.63) is 11.9 Å². The Hall–Kier alpha value is -1.27. The third kappa shape index (κ3) is 14.3. The standard InChI is InChI=1S/C14H25N3O3.2C2H6/c1-3-8-19-10-11-20-9-7-17-12-13(15-16-17)5-6-14(18)4-2;2*1-2/h12H,3-11H2,1-2H3;2*1-2H3. The van der Waals surface area contributed by atoms with Gasteiger partial charge in [0.2, 0.25) is 0 Å².